The summed E-state index contributed by atoms with van der Waals surface area (Å²) in [6.07, 6.45) is 3.82. The molecule has 1 aromatic rings. The normalized spacial score (nSPS) is 24.2. The largest absolute Gasteiger partial charge is 0.493 e. The molecule has 0 spiro atoms. The standard InChI is InChI=1S/C16H25NO/c1-4-5-8-13(3)17-16-12(2)11-18-15-10-7-6-9-14(15)16/h6-7,9-10,12-13,16-17H,4-5,8,11H2,1-3H3. The topological polar surface area (TPSA) is 21.3 Å². The zero-order valence-corrected chi connectivity index (χ0v) is 11.8. The second kappa shape index (κ2) is 6.24. The Morgan fingerprint density at radius 2 is 2.17 bits per heavy atom. The van der Waals surface area contributed by atoms with Gasteiger partial charge in [-0.2, -0.15) is 0 Å². The number of para-hydroxylation sites is 1. The summed E-state index contributed by atoms with van der Waals surface area (Å²) >= 11 is 0. The van der Waals surface area contributed by atoms with Crippen LogP contribution in [0.25, 0.3) is 0 Å². The Morgan fingerprint density at radius 3 is 2.94 bits per heavy atom. The van der Waals surface area contributed by atoms with Crippen LogP contribution in [0, 0.1) is 5.92 Å². The highest BCUT2D eigenvalue weighted by Crippen LogP contribution is 2.35. The van der Waals surface area contributed by atoms with Crippen molar-refractivity contribution >= 4 is 0 Å². The van der Waals surface area contributed by atoms with E-state index in [4.69, 9.17) is 4.74 Å². The number of benzene rings is 1. The second-order valence-electron chi connectivity index (χ2n) is 5.51. The van der Waals surface area contributed by atoms with Crippen LogP contribution >= 0.6 is 0 Å². The molecule has 0 saturated carbocycles. The first-order valence-electron chi connectivity index (χ1n) is 7.20. The summed E-state index contributed by atoms with van der Waals surface area (Å²) < 4.78 is 5.79. The minimum Gasteiger partial charge on any atom is -0.493 e. The molecule has 1 heterocycles. The van der Waals surface area contributed by atoms with E-state index < -0.39 is 0 Å². The maximum Gasteiger partial charge on any atom is 0.124 e. The summed E-state index contributed by atoms with van der Waals surface area (Å²) in [4.78, 5) is 0. The Morgan fingerprint density at radius 1 is 1.39 bits per heavy atom. The highest BCUT2D eigenvalue weighted by Gasteiger charge is 2.28. The van der Waals surface area contributed by atoms with Crippen molar-refractivity contribution in [1.82, 2.24) is 5.32 Å². The number of fused-ring (bicyclic) bond motifs is 1. The number of nitrogens with one attached hydrogen (secondary N) is 1. The zero-order valence-electron chi connectivity index (χ0n) is 11.8. The number of unbranched alkanes of at least 4 members (excludes halogenated alkanes) is 1. The van der Waals surface area contributed by atoms with Crippen LogP contribution in [-0.2, 0) is 0 Å². The average molecular weight is 247 g/mol. The van der Waals surface area contributed by atoms with E-state index in [1.165, 1.54) is 24.8 Å². The molecule has 1 aromatic carbocycles. The van der Waals surface area contributed by atoms with Gasteiger partial charge >= 0.3 is 0 Å². The summed E-state index contributed by atoms with van der Waals surface area (Å²) in [6.45, 7) is 7.62. The van der Waals surface area contributed by atoms with E-state index in [0.29, 0.717) is 18.0 Å². The van der Waals surface area contributed by atoms with Crippen molar-refractivity contribution in [1.29, 1.82) is 0 Å². The molecule has 3 atom stereocenters. The monoisotopic (exact) mass is 247 g/mol. The van der Waals surface area contributed by atoms with Crippen LogP contribution < -0.4 is 10.1 Å². The molecule has 0 radical (unpaired) electrons. The first-order valence-corrected chi connectivity index (χ1v) is 7.20. The molecule has 0 aromatic heterocycles. The molecule has 100 valence electrons. The first-order chi connectivity index (χ1) is 8.72. The summed E-state index contributed by atoms with van der Waals surface area (Å²) in [5.74, 6) is 1.58. The lowest BCUT2D eigenvalue weighted by atomic mass is 9.91. The molecule has 0 saturated heterocycles. The van der Waals surface area contributed by atoms with Crippen LogP contribution in [0.1, 0.15) is 51.6 Å². The Bertz CT molecular complexity index is 377. The van der Waals surface area contributed by atoms with E-state index in [2.05, 4.69) is 44.3 Å². The third-order valence-electron chi connectivity index (χ3n) is 3.78. The summed E-state index contributed by atoms with van der Waals surface area (Å²) in [5, 5.41) is 3.78. The first kappa shape index (κ1) is 13.4. The molecule has 1 N–H and O–H groups in total. The zero-order chi connectivity index (χ0) is 13.0. The van der Waals surface area contributed by atoms with Crippen molar-refractivity contribution in [3.8, 4) is 5.75 Å². The maximum atomic E-state index is 5.79. The molecule has 0 bridgehead atoms. The predicted octanol–water partition coefficient (Wildman–Crippen LogP) is 3.92. The number of hydrogen-bond donors (Lipinski definition) is 1. The van der Waals surface area contributed by atoms with Gasteiger partial charge in [-0.15, -0.1) is 0 Å². The smallest absolute Gasteiger partial charge is 0.124 e. The SMILES string of the molecule is CCCCC(C)NC1c2ccccc2OCC1C. The molecule has 0 fully saturated rings. The molecule has 0 amide bonds. The van der Waals surface area contributed by atoms with Gasteiger partial charge < -0.3 is 10.1 Å². The molecule has 2 rings (SSSR count). The molecular formula is C16H25NO. The van der Waals surface area contributed by atoms with Crippen LogP contribution in [0.4, 0.5) is 0 Å². The van der Waals surface area contributed by atoms with E-state index in [1.54, 1.807) is 0 Å². The minimum absolute atomic E-state index is 0.432. The molecule has 18 heavy (non-hydrogen) atoms. The molecule has 2 nitrogen and oxygen atoms in total. The number of ether oxygens (including phenoxy) is 1. The van der Waals surface area contributed by atoms with E-state index in [0.717, 1.165) is 12.4 Å². The van der Waals surface area contributed by atoms with Crippen molar-refractivity contribution in [3.63, 3.8) is 0 Å². The Kier molecular flexibility index (Phi) is 4.65. The number of rotatable bonds is 5. The Balaban J connectivity index is 2.07. The highest BCUT2D eigenvalue weighted by molar-refractivity contribution is 5.37. The minimum atomic E-state index is 0.432. The fraction of sp³-hybridized carbons (Fsp3) is 0.625. The van der Waals surface area contributed by atoms with E-state index >= 15 is 0 Å². The van der Waals surface area contributed by atoms with Gasteiger partial charge in [-0.25, -0.2) is 0 Å². The summed E-state index contributed by atoms with van der Waals surface area (Å²) in [6, 6.07) is 9.42. The van der Waals surface area contributed by atoms with Crippen LogP contribution in [0.15, 0.2) is 24.3 Å². The summed E-state index contributed by atoms with van der Waals surface area (Å²) in [5.41, 5.74) is 1.32. The summed E-state index contributed by atoms with van der Waals surface area (Å²) in [7, 11) is 0. The van der Waals surface area contributed by atoms with Gasteiger partial charge in [-0.1, -0.05) is 44.9 Å². The van der Waals surface area contributed by atoms with Crippen molar-refractivity contribution in [2.45, 2.75) is 52.1 Å². The van der Waals surface area contributed by atoms with Crippen molar-refractivity contribution in [3.05, 3.63) is 29.8 Å². The van der Waals surface area contributed by atoms with Crippen LogP contribution in [0.2, 0.25) is 0 Å². The highest BCUT2D eigenvalue weighted by atomic mass is 16.5. The fourth-order valence-electron chi connectivity index (χ4n) is 2.65. The molecule has 0 aliphatic carbocycles. The van der Waals surface area contributed by atoms with E-state index in [1.807, 2.05) is 6.07 Å². The van der Waals surface area contributed by atoms with Gasteiger partial charge in [0.25, 0.3) is 0 Å². The van der Waals surface area contributed by atoms with Gasteiger partial charge in [0.2, 0.25) is 0 Å². The molecule has 1 aliphatic heterocycles. The molecule has 1 aliphatic rings. The van der Waals surface area contributed by atoms with Gasteiger partial charge in [0.05, 0.1) is 6.61 Å². The van der Waals surface area contributed by atoms with Gasteiger partial charge in [0.15, 0.2) is 0 Å². The van der Waals surface area contributed by atoms with Crippen LogP contribution in [0.5, 0.6) is 5.75 Å². The Hall–Kier alpha value is -1.02. The van der Waals surface area contributed by atoms with Crippen molar-refractivity contribution in [2.75, 3.05) is 6.61 Å². The van der Waals surface area contributed by atoms with Crippen LogP contribution in [0.3, 0.4) is 0 Å². The quantitative estimate of drug-likeness (QED) is 0.851. The number of hydrogen-bond acceptors (Lipinski definition) is 2. The molecular weight excluding hydrogens is 222 g/mol. The fourth-order valence-corrected chi connectivity index (χ4v) is 2.65. The third kappa shape index (κ3) is 3.05. The third-order valence-corrected chi connectivity index (χ3v) is 3.78. The van der Waals surface area contributed by atoms with Gasteiger partial charge in [0, 0.05) is 23.6 Å². The lowest BCUT2D eigenvalue weighted by Crippen LogP contribution is -2.38. The van der Waals surface area contributed by atoms with Gasteiger partial charge in [-0.05, 0) is 19.4 Å². The lowest BCUT2D eigenvalue weighted by Gasteiger charge is -2.34. The average Bonchev–Trinajstić information content (AvgIpc) is 2.40. The van der Waals surface area contributed by atoms with E-state index in [9.17, 15) is 0 Å². The molecule has 2 heteroatoms. The predicted molar refractivity (Wildman–Crippen MR) is 76.0 cm³/mol. The van der Waals surface area contributed by atoms with Crippen LogP contribution in [-0.4, -0.2) is 12.6 Å². The van der Waals surface area contributed by atoms with Gasteiger partial charge in [-0.3, -0.25) is 0 Å². The van der Waals surface area contributed by atoms with Crippen molar-refractivity contribution in [2.24, 2.45) is 5.92 Å². The van der Waals surface area contributed by atoms with Crippen molar-refractivity contribution < 1.29 is 4.74 Å². The van der Waals surface area contributed by atoms with E-state index in [-0.39, 0.29) is 0 Å². The second-order valence-corrected chi connectivity index (χ2v) is 5.51. The molecule has 3 unspecified atom stereocenters. The Labute approximate surface area is 111 Å². The van der Waals surface area contributed by atoms with Gasteiger partial charge in [0.1, 0.15) is 5.75 Å². The maximum absolute atomic E-state index is 5.79. The lowest BCUT2D eigenvalue weighted by molar-refractivity contribution is 0.180.